The van der Waals surface area contributed by atoms with E-state index in [1.165, 1.54) is 6.42 Å². The summed E-state index contributed by atoms with van der Waals surface area (Å²) in [5.41, 5.74) is -0.00237. The molecule has 1 aliphatic heterocycles. The van der Waals surface area contributed by atoms with Crippen LogP contribution < -0.4 is 10.6 Å². The van der Waals surface area contributed by atoms with Crippen LogP contribution in [0.25, 0.3) is 0 Å². The normalized spacial score (nSPS) is 38.5. The molecule has 0 radical (unpaired) electrons. The number of hydrogen-bond acceptors (Lipinski definition) is 2. The predicted molar refractivity (Wildman–Crippen MR) is 60.6 cm³/mol. The first-order chi connectivity index (χ1) is 6.94. The minimum atomic E-state index is -0.322. The average molecular weight is 210 g/mol. The molecule has 2 N–H and O–H groups in total. The van der Waals surface area contributed by atoms with E-state index in [4.69, 9.17) is 0 Å². The minimum absolute atomic E-state index is 0.192. The molecule has 86 valence electrons. The van der Waals surface area contributed by atoms with Crippen molar-refractivity contribution >= 4 is 5.91 Å². The van der Waals surface area contributed by atoms with Gasteiger partial charge in [-0.3, -0.25) is 4.79 Å². The highest BCUT2D eigenvalue weighted by molar-refractivity contribution is 5.86. The molecule has 0 bridgehead atoms. The molecule has 2 unspecified atom stereocenters. The summed E-state index contributed by atoms with van der Waals surface area (Å²) in [6, 6.07) is 0.394. The fourth-order valence-corrected chi connectivity index (χ4v) is 2.28. The summed E-state index contributed by atoms with van der Waals surface area (Å²) in [7, 11) is 0. The average Bonchev–Trinajstić information content (AvgIpc) is 2.75. The highest BCUT2D eigenvalue weighted by Gasteiger charge is 2.48. The molecule has 0 aromatic carbocycles. The number of rotatable bonds is 2. The topological polar surface area (TPSA) is 41.1 Å². The van der Waals surface area contributed by atoms with Crippen LogP contribution in [0.3, 0.4) is 0 Å². The maximum Gasteiger partial charge on any atom is 0.240 e. The number of hydrogen-bond donors (Lipinski definition) is 2. The van der Waals surface area contributed by atoms with Gasteiger partial charge in [0.25, 0.3) is 0 Å². The summed E-state index contributed by atoms with van der Waals surface area (Å²) >= 11 is 0. The van der Waals surface area contributed by atoms with Crippen LogP contribution in [0.1, 0.15) is 46.5 Å². The van der Waals surface area contributed by atoms with Crippen LogP contribution in [0.5, 0.6) is 0 Å². The van der Waals surface area contributed by atoms with E-state index < -0.39 is 0 Å². The molecular formula is C12H22N2O. The van der Waals surface area contributed by atoms with Gasteiger partial charge in [-0.1, -0.05) is 13.8 Å². The summed E-state index contributed by atoms with van der Waals surface area (Å²) in [4.78, 5) is 12.1. The van der Waals surface area contributed by atoms with E-state index in [1.807, 2.05) is 6.92 Å². The molecular weight excluding hydrogens is 188 g/mol. The third kappa shape index (κ3) is 2.17. The lowest BCUT2D eigenvalue weighted by Crippen LogP contribution is -2.57. The van der Waals surface area contributed by atoms with Crippen molar-refractivity contribution in [1.29, 1.82) is 0 Å². The molecule has 2 aliphatic rings. The Bertz CT molecular complexity index is 267. The monoisotopic (exact) mass is 210 g/mol. The second-order valence-corrected chi connectivity index (χ2v) is 5.93. The number of piperidine rings is 1. The van der Waals surface area contributed by atoms with E-state index >= 15 is 0 Å². The molecule has 2 fully saturated rings. The van der Waals surface area contributed by atoms with Gasteiger partial charge in [0.2, 0.25) is 5.91 Å². The third-order valence-electron chi connectivity index (χ3n) is 3.94. The van der Waals surface area contributed by atoms with Crippen molar-refractivity contribution in [2.45, 2.75) is 58.0 Å². The molecule has 0 spiro atoms. The Hall–Kier alpha value is -0.570. The lowest BCUT2D eigenvalue weighted by Gasteiger charge is -2.33. The van der Waals surface area contributed by atoms with Crippen molar-refractivity contribution in [2.24, 2.45) is 5.41 Å². The largest absolute Gasteiger partial charge is 0.351 e. The van der Waals surface area contributed by atoms with Gasteiger partial charge >= 0.3 is 0 Å². The third-order valence-corrected chi connectivity index (χ3v) is 3.94. The standard InChI is InChI=1S/C12H22N2O/c1-11(2)8-9(11)14-10(15)12(3)6-4-5-7-13-12/h9,13H,4-8H2,1-3H3,(H,14,15). The molecule has 0 aromatic rings. The molecule has 3 heteroatoms. The molecule has 3 nitrogen and oxygen atoms in total. The zero-order chi connectivity index (χ0) is 11.1. The second-order valence-electron chi connectivity index (χ2n) is 5.93. The molecule has 1 aliphatic carbocycles. The molecule has 0 aromatic heterocycles. The minimum Gasteiger partial charge on any atom is -0.351 e. The highest BCUT2D eigenvalue weighted by Crippen LogP contribution is 2.44. The summed E-state index contributed by atoms with van der Waals surface area (Å²) in [5.74, 6) is 0.192. The number of nitrogens with one attached hydrogen (secondary N) is 2. The summed E-state index contributed by atoms with van der Waals surface area (Å²) in [5, 5.41) is 6.50. The fraction of sp³-hybridized carbons (Fsp3) is 0.917. The Labute approximate surface area is 92.0 Å². The van der Waals surface area contributed by atoms with Gasteiger partial charge in [-0.15, -0.1) is 0 Å². The van der Waals surface area contributed by atoms with Gasteiger partial charge in [-0.25, -0.2) is 0 Å². The van der Waals surface area contributed by atoms with Crippen LogP contribution in [0.15, 0.2) is 0 Å². The quantitative estimate of drug-likeness (QED) is 0.724. The Morgan fingerprint density at radius 3 is 2.47 bits per heavy atom. The molecule has 1 saturated heterocycles. The zero-order valence-electron chi connectivity index (χ0n) is 10.0. The molecule has 2 rings (SSSR count). The zero-order valence-corrected chi connectivity index (χ0v) is 10.0. The molecule has 1 amide bonds. The molecule has 1 heterocycles. The van der Waals surface area contributed by atoms with E-state index in [0.29, 0.717) is 11.5 Å². The van der Waals surface area contributed by atoms with Gasteiger partial charge < -0.3 is 10.6 Å². The van der Waals surface area contributed by atoms with Crippen LogP contribution in [-0.2, 0) is 4.79 Å². The van der Waals surface area contributed by atoms with Gasteiger partial charge in [-0.2, -0.15) is 0 Å². The number of amides is 1. The van der Waals surface area contributed by atoms with E-state index in [0.717, 1.165) is 25.8 Å². The number of carbonyl (C=O) groups is 1. The van der Waals surface area contributed by atoms with Gasteiger partial charge in [0.05, 0.1) is 5.54 Å². The summed E-state index contributed by atoms with van der Waals surface area (Å²) in [6.45, 7) is 7.40. The summed E-state index contributed by atoms with van der Waals surface area (Å²) < 4.78 is 0. The fourth-order valence-electron chi connectivity index (χ4n) is 2.28. The summed E-state index contributed by atoms with van der Waals surface area (Å²) in [6.07, 6.45) is 4.43. The van der Waals surface area contributed by atoms with Gasteiger partial charge in [0, 0.05) is 6.04 Å². The van der Waals surface area contributed by atoms with Crippen molar-refractivity contribution < 1.29 is 4.79 Å². The molecule has 1 saturated carbocycles. The van der Waals surface area contributed by atoms with E-state index in [2.05, 4.69) is 24.5 Å². The first-order valence-corrected chi connectivity index (χ1v) is 6.00. The van der Waals surface area contributed by atoms with Crippen molar-refractivity contribution in [1.82, 2.24) is 10.6 Å². The van der Waals surface area contributed by atoms with Crippen molar-refractivity contribution in [3.63, 3.8) is 0 Å². The van der Waals surface area contributed by atoms with Gasteiger partial charge in [-0.05, 0) is 44.6 Å². The molecule has 15 heavy (non-hydrogen) atoms. The van der Waals surface area contributed by atoms with E-state index in [1.54, 1.807) is 0 Å². The van der Waals surface area contributed by atoms with Crippen LogP contribution >= 0.6 is 0 Å². The van der Waals surface area contributed by atoms with Crippen LogP contribution in [-0.4, -0.2) is 24.0 Å². The highest BCUT2D eigenvalue weighted by atomic mass is 16.2. The first kappa shape index (κ1) is 10.9. The van der Waals surface area contributed by atoms with Crippen LogP contribution in [0, 0.1) is 5.41 Å². The smallest absolute Gasteiger partial charge is 0.240 e. The van der Waals surface area contributed by atoms with Gasteiger partial charge in [0.1, 0.15) is 0 Å². The van der Waals surface area contributed by atoms with Gasteiger partial charge in [0.15, 0.2) is 0 Å². The maximum atomic E-state index is 12.1. The Kier molecular flexibility index (Phi) is 2.53. The maximum absolute atomic E-state index is 12.1. The SMILES string of the molecule is CC1(C(=O)NC2CC2(C)C)CCCCN1. The Morgan fingerprint density at radius 1 is 1.33 bits per heavy atom. The Morgan fingerprint density at radius 2 is 2.00 bits per heavy atom. The van der Waals surface area contributed by atoms with Crippen molar-refractivity contribution in [2.75, 3.05) is 6.54 Å². The van der Waals surface area contributed by atoms with E-state index in [-0.39, 0.29) is 11.4 Å². The Balaban J connectivity index is 1.90. The van der Waals surface area contributed by atoms with Crippen molar-refractivity contribution in [3.05, 3.63) is 0 Å². The lowest BCUT2D eigenvalue weighted by atomic mass is 9.90. The predicted octanol–water partition coefficient (Wildman–Crippen LogP) is 1.43. The van der Waals surface area contributed by atoms with E-state index in [9.17, 15) is 4.79 Å². The number of carbonyl (C=O) groups excluding carboxylic acids is 1. The molecule has 2 atom stereocenters. The van der Waals surface area contributed by atoms with Crippen molar-refractivity contribution in [3.8, 4) is 0 Å². The van der Waals surface area contributed by atoms with Crippen LogP contribution in [0.4, 0.5) is 0 Å². The lowest BCUT2D eigenvalue weighted by molar-refractivity contribution is -0.128. The van der Waals surface area contributed by atoms with Crippen LogP contribution in [0.2, 0.25) is 0 Å². The first-order valence-electron chi connectivity index (χ1n) is 6.00. The second kappa shape index (κ2) is 3.48.